The Bertz CT molecular complexity index is 552. The molecule has 1 aromatic rings. The van der Waals surface area contributed by atoms with Gasteiger partial charge in [0.25, 0.3) is 0 Å². The molecular weight excluding hydrogens is 276 g/mol. The maximum absolute atomic E-state index is 12.6. The van der Waals surface area contributed by atoms with Crippen molar-refractivity contribution in [1.29, 1.82) is 0 Å². The molecule has 2 rings (SSSR count). The van der Waals surface area contributed by atoms with Crippen LogP contribution in [0.1, 0.15) is 52.0 Å². The van der Waals surface area contributed by atoms with Crippen LogP contribution in [-0.2, 0) is 9.59 Å². The molecule has 1 unspecified atom stereocenters. The number of carbonyl (C=O) groups is 2. The third-order valence-electron chi connectivity index (χ3n) is 4.28. The molecular formula is C18H26N2O2. The molecule has 4 heteroatoms. The van der Waals surface area contributed by atoms with Crippen LogP contribution in [0.3, 0.4) is 0 Å². The summed E-state index contributed by atoms with van der Waals surface area (Å²) in [5.41, 5.74) is 2.03. The van der Waals surface area contributed by atoms with Gasteiger partial charge in [-0.25, -0.2) is 0 Å². The molecule has 0 spiro atoms. The van der Waals surface area contributed by atoms with Gasteiger partial charge in [-0.1, -0.05) is 32.0 Å². The predicted octanol–water partition coefficient (Wildman–Crippen LogP) is 3.40. The zero-order chi connectivity index (χ0) is 16.3. The number of carbonyl (C=O) groups excluding carboxylic acids is 2. The molecule has 1 fully saturated rings. The highest BCUT2D eigenvalue weighted by molar-refractivity contribution is 5.94. The molecule has 1 heterocycles. The Kier molecular flexibility index (Phi) is 5.22. The van der Waals surface area contributed by atoms with Crippen LogP contribution in [0.2, 0.25) is 0 Å². The van der Waals surface area contributed by atoms with Gasteiger partial charge in [0.05, 0.1) is 5.92 Å². The second kappa shape index (κ2) is 6.95. The van der Waals surface area contributed by atoms with Crippen LogP contribution >= 0.6 is 0 Å². The minimum atomic E-state index is -0.125. The Morgan fingerprint density at radius 3 is 2.55 bits per heavy atom. The summed E-state index contributed by atoms with van der Waals surface area (Å²) < 4.78 is 0. The molecule has 0 radical (unpaired) electrons. The van der Waals surface area contributed by atoms with Gasteiger partial charge in [-0.05, 0) is 37.8 Å². The summed E-state index contributed by atoms with van der Waals surface area (Å²) in [6, 6.07) is 8.06. The van der Waals surface area contributed by atoms with Gasteiger partial charge in [0.1, 0.15) is 0 Å². The van der Waals surface area contributed by atoms with Gasteiger partial charge in [0.2, 0.25) is 11.8 Å². The number of nitrogens with zero attached hydrogens (tertiary/aromatic N) is 1. The van der Waals surface area contributed by atoms with Gasteiger partial charge >= 0.3 is 0 Å². The monoisotopic (exact) mass is 302 g/mol. The first-order valence-corrected chi connectivity index (χ1v) is 8.09. The molecule has 1 aliphatic heterocycles. The van der Waals surface area contributed by atoms with Crippen molar-refractivity contribution in [3.05, 3.63) is 29.8 Å². The second-order valence-electron chi connectivity index (χ2n) is 6.61. The first-order valence-electron chi connectivity index (χ1n) is 8.09. The van der Waals surface area contributed by atoms with Crippen molar-refractivity contribution >= 4 is 17.5 Å². The van der Waals surface area contributed by atoms with E-state index in [0.29, 0.717) is 25.3 Å². The number of nitrogens with one attached hydrogen (secondary N) is 1. The quantitative estimate of drug-likeness (QED) is 0.926. The second-order valence-corrected chi connectivity index (χ2v) is 6.61. The van der Waals surface area contributed by atoms with E-state index in [2.05, 4.69) is 19.2 Å². The molecule has 1 aliphatic rings. The Balaban J connectivity index is 2.08. The van der Waals surface area contributed by atoms with E-state index in [1.54, 1.807) is 0 Å². The molecule has 4 nitrogen and oxygen atoms in total. The van der Waals surface area contributed by atoms with Crippen molar-refractivity contribution in [1.82, 2.24) is 4.90 Å². The Labute approximate surface area is 132 Å². The number of piperidine rings is 1. The van der Waals surface area contributed by atoms with E-state index in [1.807, 2.05) is 43.0 Å². The fourth-order valence-electron chi connectivity index (χ4n) is 2.93. The van der Waals surface area contributed by atoms with Crippen molar-refractivity contribution in [3.8, 4) is 0 Å². The van der Waals surface area contributed by atoms with E-state index >= 15 is 0 Å². The zero-order valence-corrected chi connectivity index (χ0v) is 13.9. The largest absolute Gasteiger partial charge is 0.339 e. The lowest BCUT2D eigenvalue weighted by Crippen LogP contribution is -2.47. The average Bonchev–Trinajstić information content (AvgIpc) is 2.47. The summed E-state index contributed by atoms with van der Waals surface area (Å²) in [7, 11) is 0. The summed E-state index contributed by atoms with van der Waals surface area (Å²) in [5.74, 6) is 0.407. The number of hydrogen-bond acceptors (Lipinski definition) is 2. The van der Waals surface area contributed by atoms with Crippen LogP contribution in [-0.4, -0.2) is 29.3 Å². The standard InChI is InChI=1S/C18H26N2O2/c1-12(2)15-7-5-6-8-16(15)19-18(22)14-9-10-17(21)20(11-14)13(3)4/h5-8,12-14H,9-11H2,1-4H3,(H,19,22). The summed E-state index contributed by atoms with van der Waals surface area (Å²) in [6.45, 7) is 8.74. The molecule has 1 atom stereocenters. The molecule has 120 valence electrons. The van der Waals surface area contributed by atoms with E-state index in [0.717, 1.165) is 11.3 Å². The minimum Gasteiger partial charge on any atom is -0.339 e. The maximum atomic E-state index is 12.6. The van der Waals surface area contributed by atoms with Crippen LogP contribution in [0.4, 0.5) is 5.69 Å². The van der Waals surface area contributed by atoms with Gasteiger partial charge in [0.15, 0.2) is 0 Å². The molecule has 1 aromatic carbocycles. The van der Waals surface area contributed by atoms with Crippen molar-refractivity contribution in [2.24, 2.45) is 5.92 Å². The molecule has 0 aromatic heterocycles. The smallest absolute Gasteiger partial charge is 0.229 e. The van der Waals surface area contributed by atoms with E-state index < -0.39 is 0 Å². The van der Waals surface area contributed by atoms with Crippen LogP contribution in [0.5, 0.6) is 0 Å². The predicted molar refractivity (Wildman–Crippen MR) is 88.7 cm³/mol. The molecule has 1 saturated heterocycles. The highest BCUT2D eigenvalue weighted by atomic mass is 16.2. The van der Waals surface area contributed by atoms with E-state index in [9.17, 15) is 9.59 Å². The maximum Gasteiger partial charge on any atom is 0.229 e. The molecule has 22 heavy (non-hydrogen) atoms. The number of hydrogen-bond donors (Lipinski definition) is 1. The molecule has 0 aliphatic carbocycles. The fraction of sp³-hybridized carbons (Fsp3) is 0.556. The average molecular weight is 302 g/mol. The van der Waals surface area contributed by atoms with E-state index in [-0.39, 0.29) is 23.8 Å². The van der Waals surface area contributed by atoms with Crippen molar-refractivity contribution < 1.29 is 9.59 Å². The minimum absolute atomic E-state index is 0.0197. The first kappa shape index (κ1) is 16.5. The first-order chi connectivity index (χ1) is 10.4. The SMILES string of the molecule is CC(C)c1ccccc1NC(=O)C1CCC(=O)N(C(C)C)C1. The Morgan fingerprint density at radius 2 is 1.91 bits per heavy atom. The summed E-state index contributed by atoms with van der Waals surface area (Å²) >= 11 is 0. The number of anilines is 1. The number of benzene rings is 1. The van der Waals surface area contributed by atoms with E-state index in [4.69, 9.17) is 0 Å². The lowest BCUT2D eigenvalue weighted by atomic mass is 9.95. The highest BCUT2D eigenvalue weighted by Gasteiger charge is 2.31. The lowest BCUT2D eigenvalue weighted by molar-refractivity contribution is -0.138. The summed E-state index contributed by atoms with van der Waals surface area (Å²) in [4.78, 5) is 26.3. The van der Waals surface area contributed by atoms with Gasteiger partial charge in [-0.3, -0.25) is 9.59 Å². The summed E-state index contributed by atoms with van der Waals surface area (Å²) in [5, 5.41) is 3.06. The normalized spacial score (nSPS) is 18.9. The number of rotatable bonds is 4. The van der Waals surface area contributed by atoms with E-state index in [1.165, 1.54) is 0 Å². The van der Waals surface area contributed by atoms with Crippen molar-refractivity contribution in [2.45, 2.75) is 52.5 Å². The molecule has 0 saturated carbocycles. The van der Waals surface area contributed by atoms with Gasteiger partial charge in [0, 0.05) is 24.7 Å². The summed E-state index contributed by atoms with van der Waals surface area (Å²) in [6.07, 6.45) is 1.10. The molecule has 0 bridgehead atoms. The van der Waals surface area contributed by atoms with Gasteiger partial charge < -0.3 is 10.2 Å². The number of amides is 2. The fourth-order valence-corrected chi connectivity index (χ4v) is 2.93. The zero-order valence-electron chi connectivity index (χ0n) is 13.9. The van der Waals surface area contributed by atoms with Crippen LogP contribution in [0.15, 0.2) is 24.3 Å². The van der Waals surface area contributed by atoms with Gasteiger partial charge in [-0.15, -0.1) is 0 Å². The molecule has 2 amide bonds. The molecule has 1 N–H and O–H groups in total. The topological polar surface area (TPSA) is 49.4 Å². The number of likely N-dealkylation sites (tertiary alicyclic amines) is 1. The van der Waals surface area contributed by atoms with Crippen molar-refractivity contribution in [2.75, 3.05) is 11.9 Å². The lowest BCUT2D eigenvalue weighted by Gasteiger charge is -2.34. The van der Waals surface area contributed by atoms with Crippen molar-refractivity contribution in [3.63, 3.8) is 0 Å². The number of para-hydroxylation sites is 1. The van der Waals surface area contributed by atoms with Crippen LogP contribution in [0, 0.1) is 5.92 Å². The Morgan fingerprint density at radius 1 is 1.23 bits per heavy atom. The van der Waals surface area contributed by atoms with Gasteiger partial charge in [-0.2, -0.15) is 0 Å². The highest BCUT2D eigenvalue weighted by Crippen LogP contribution is 2.26. The third-order valence-corrected chi connectivity index (χ3v) is 4.28. The Hall–Kier alpha value is -1.84. The van der Waals surface area contributed by atoms with Crippen LogP contribution in [0.25, 0.3) is 0 Å². The third kappa shape index (κ3) is 3.67. The van der Waals surface area contributed by atoms with Crippen LogP contribution < -0.4 is 5.32 Å².